The summed E-state index contributed by atoms with van der Waals surface area (Å²) in [6.45, 7) is 2.85. The molecule has 0 unspecified atom stereocenters. The predicted octanol–water partition coefficient (Wildman–Crippen LogP) is 0.868. The summed E-state index contributed by atoms with van der Waals surface area (Å²) in [5, 5.41) is 15.5. The summed E-state index contributed by atoms with van der Waals surface area (Å²) in [5.74, 6) is 1.09. The Morgan fingerprint density at radius 3 is 2.70 bits per heavy atom. The monoisotopic (exact) mass is 407 g/mol. The Morgan fingerprint density at radius 2 is 2.13 bits per heavy atom. The first-order chi connectivity index (χ1) is 10.8. The molecule has 1 aliphatic rings. The van der Waals surface area contributed by atoms with E-state index >= 15 is 0 Å². The molecule has 23 heavy (non-hydrogen) atoms. The molecule has 2 rings (SSSR count). The van der Waals surface area contributed by atoms with Crippen LogP contribution in [0.4, 0.5) is 11.8 Å². The van der Waals surface area contributed by atoms with Crippen LogP contribution in [0.2, 0.25) is 0 Å². The van der Waals surface area contributed by atoms with E-state index < -0.39 is 10.0 Å². The number of aliphatic hydroxyl groups excluding tert-OH is 1. The minimum Gasteiger partial charge on any atom is -0.394 e. The number of sulfonamides is 1. The van der Waals surface area contributed by atoms with Crippen LogP contribution in [0.15, 0.2) is 10.7 Å². The maximum atomic E-state index is 11.5. The van der Waals surface area contributed by atoms with Crippen LogP contribution < -0.4 is 10.6 Å². The first kappa shape index (κ1) is 18.4. The molecular weight excluding hydrogens is 386 g/mol. The summed E-state index contributed by atoms with van der Waals surface area (Å²) in [7, 11) is -3.12. The van der Waals surface area contributed by atoms with E-state index in [1.54, 1.807) is 6.20 Å². The van der Waals surface area contributed by atoms with E-state index in [-0.39, 0.29) is 18.7 Å². The Kier molecular flexibility index (Phi) is 6.18. The van der Waals surface area contributed by atoms with Crippen molar-refractivity contribution in [3.8, 4) is 0 Å². The fourth-order valence-electron chi connectivity index (χ4n) is 2.33. The molecule has 2 heterocycles. The lowest BCUT2D eigenvalue weighted by Crippen LogP contribution is -2.42. The van der Waals surface area contributed by atoms with E-state index in [4.69, 9.17) is 5.11 Å². The van der Waals surface area contributed by atoms with Crippen LogP contribution >= 0.6 is 15.9 Å². The Bertz CT molecular complexity index is 634. The van der Waals surface area contributed by atoms with Gasteiger partial charge in [0.05, 0.1) is 17.3 Å². The van der Waals surface area contributed by atoms with E-state index in [0.29, 0.717) is 37.7 Å². The van der Waals surface area contributed by atoms with Crippen molar-refractivity contribution >= 4 is 37.7 Å². The first-order valence-electron chi connectivity index (χ1n) is 7.41. The van der Waals surface area contributed by atoms with Crippen LogP contribution in [0.25, 0.3) is 0 Å². The second-order valence-electron chi connectivity index (χ2n) is 5.70. The molecule has 3 N–H and O–H groups in total. The Morgan fingerprint density at radius 1 is 1.48 bits per heavy atom. The number of hydrogen-bond donors (Lipinski definition) is 3. The van der Waals surface area contributed by atoms with E-state index in [1.165, 1.54) is 10.6 Å². The van der Waals surface area contributed by atoms with Gasteiger partial charge in [-0.2, -0.15) is 4.98 Å². The summed E-state index contributed by atoms with van der Waals surface area (Å²) >= 11 is 3.37. The molecule has 1 saturated heterocycles. The van der Waals surface area contributed by atoms with E-state index in [1.807, 2.05) is 6.92 Å². The molecule has 0 bridgehead atoms. The van der Waals surface area contributed by atoms with Gasteiger partial charge in [-0.15, -0.1) is 0 Å². The highest BCUT2D eigenvalue weighted by atomic mass is 79.9. The third-order valence-electron chi connectivity index (χ3n) is 3.66. The van der Waals surface area contributed by atoms with Crippen molar-refractivity contribution in [1.29, 1.82) is 0 Å². The minimum atomic E-state index is -3.12. The molecule has 0 saturated carbocycles. The number of piperidine rings is 1. The fraction of sp³-hybridized carbons (Fsp3) is 0.692. The number of nitrogens with zero attached hydrogens (tertiary/aromatic N) is 3. The number of rotatable bonds is 6. The van der Waals surface area contributed by atoms with Gasteiger partial charge in [0.25, 0.3) is 0 Å². The summed E-state index contributed by atoms with van der Waals surface area (Å²) in [4.78, 5) is 8.63. The summed E-state index contributed by atoms with van der Waals surface area (Å²) in [6.07, 6.45) is 4.30. The molecule has 0 radical (unpaired) electrons. The second kappa shape index (κ2) is 7.73. The molecule has 0 aromatic carbocycles. The number of hydrogen-bond acceptors (Lipinski definition) is 7. The third-order valence-corrected chi connectivity index (χ3v) is 5.54. The first-order valence-corrected chi connectivity index (χ1v) is 10.1. The molecule has 0 spiro atoms. The lowest BCUT2D eigenvalue weighted by atomic mass is 10.1. The van der Waals surface area contributed by atoms with Gasteiger partial charge in [-0.25, -0.2) is 17.7 Å². The zero-order chi connectivity index (χ0) is 17.0. The van der Waals surface area contributed by atoms with E-state index in [2.05, 4.69) is 36.5 Å². The van der Waals surface area contributed by atoms with Crippen LogP contribution in [-0.2, 0) is 10.0 Å². The van der Waals surface area contributed by atoms with Gasteiger partial charge in [0, 0.05) is 31.4 Å². The second-order valence-corrected chi connectivity index (χ2v) is 8.54. The van der Waals surface area contributed by atoms with Crippen molar-refractivity contribution in [2.45, 2.75) is 31.8 Å². The van der Waals surface area contributed by atoms with Gasteiger partial charge in [0.2, 0.25) is 16.0 Å². The topological polar surface area (TPSA) is 107 Å². The highest BCUT2D eigenvalue weighted by molar-refractivity contribution is 9.10. The maximum Gasteiger partial charge on any atom is 0.224 e. The van der Waals surface area contributed by atoms with Gasteiger partial charge < -0.3 is 15.7 Å². The van der Waals surface area contributed by atoms with E-state index in [9.17, 15) is 8.42 Å². The lowest BCUT2D eigenvalue weighted by Gasteiger charge is -2.30. The van der Waals surface area contributed by atoms with Gasteiger partial charge in [0.15, 0.2) is 0 Å². The van der Waals surface area contributed by atoms with Gasteiger partial charge in [-0.05, 0) is 35.7 Å². The van der Waals surface area contributed by atoms with Gasteiger partial charge in [0.1, 0.15) is 5.82 Å². The van der Waals surface area contributed by atoms with Crippen molar-refractivity contribution in [3.05, 3.63) is 10.7 Å². The number of aromatic nitrogens is 2. The number of aliphatic hydroxyl groups is 1. The lowest BCUT2D eigenvalue weighted by molar-refractivity contribution is 0.281. The smallest absolute Gasteiger partial charge is 0.224 e. The number of nitrogens with one attached hydrogen (secondary N) is 2. The zero-order valence-electron chi connectivity index (χ0n) is 13.2. The Labute approximate surface area is 144 Å². The Balaban J connectivity index is 1.97. The third kappa shape index (κ3) is 5.27. The average Bonchev–Trinajstić information content (AvgIpc) is 2.50. The van der Waals surface area contributed by atoms with Crippen LogP contribution in [0, 0.1) is 0 Å². The van der Waals surface area contributed by atoms with E-state index in [0.717, 1.165) is 4.47 Å². The van der Waals surface area contributed by atoms with Crippen LogP contribution in [0.5, 0.6) is 0 Å². The van der Waals surface area contributed by atoms with Crippen LogP contribution in [0.1, 0.15) is 19.8 Å². The van der Waals surface area contributed by atoms with Gasteiger partial charge >= 0.3 is 0 Å². The maximum absolute atomic E-state index is 11.5. The highest BCUT2D eigenvalue weighted by Gasteiger charge is 2.25. The average molecular weight is 408 g/mol. The summed E-state index contributed by atoms with van der Waals surface area (Å²) in [6, 6.07) is 0.0179. The quantitative estimate of drug-likeness (QED) is 0.641. The molecule has 1 aromatic heterocycles. The number of halogens is 1. The van der Waals surface area contributed by atoms with Crippen molar-refractivity contribution < 1.29 is 13.5 Å². The van der Waals surface area contributed by atoms with Crippen molar-refractivity contribution in [2.24, 2.45) is 0 Å². The zero-order valence-corrected chi connectivity index (χ0v) is 15.6. The molecule has 1 aromatic rings. The van der Waals surface area contributed by atoms with Crippen LogP contribution in [0.3, 0.4) is 0 Å². The van der Waals surface area contributed by atoms with Crippen molar-refractivity contribution in [1.82, 2.24) is 14.3 Å². The minimum absolute atomic E-state index is 0.00313. The Hall–Kier alpha value is -0.970. The molecule has 130 valence electrons. The SMILES string of the molecule is C[C@@H](CO)Nc1nc(NC2CCN(S(C)(=O)=O)CC2)ncc1Br. The molecule has 1 atom stereocenters. The molecular formula is C13H22BrN5O3S. The number of anilines is 2. The molecule has 1 fully saturated rings. The molecule has 0 aliphatic carbocycles. The predicted molar refractivity (Wildman–Crippen MR) is 93.0 cm³/mol. The summed E-state index contributed by atoms with van der Waals surface area (Å²) in [5.41, 5.74) is 0. The molecule has 1 aliphatic heterocycles. The largest absolute Gasteiger partial charge is 0.394 e. The van der Waals surface area contributed by atoms with Gasteiger partial charge in [-0.1, -0.05) is 0 Å². The van der Waals surface area contributed by atoms with Crippen molar-refractivity contribution in [3.63, 3.8) is 0 Å². The van der Waals surface area contributed by atoms with Gasteiger partial charge in [-0.3, -0.25) is 0 Å². The summed E-state index contributed by atoms with van der Waals surface area (Å²) < 4.78 is 25.2. The normalized spacial score (nSPS) is 18.6. The fourth-order valence-corrected chi connectivity index (χ4v) is 3.51. The van der Waals surface area contributed by atoms with Crippen LogP contribution in [-0.4, -0.2) is 65.8 Å². The molecule has 0 amide bonds. The highest BCUT2D eigenvalue weighted by Crippen LogP contribution is 2.22. The van der Waals surface area contributed by atoms with Crippen molar-refractivity contribution in [2.75, 3.05) is 36.6 Å². The molecule has 8 nitrogen and oxygen atoms in total. The molecule has 10 heteroatoms. The standard InChI is InChI=1S/C13H22BrN5O3S/c1-9(8-20)16-12-11(14)7-15-13(18-12)17-10-3-5-19(6-4-10)23(2,21)22/h7,9-10,20H,3-6,8H2,1-2H3,(H2,15,16,17,18)/t9-/m0/s1.